The van der Waals surface area contributed by atoms with Crippen molar-refractivity contribution in [1.82, 2.24) is 9.97 Å². The molecule has 4 nitrogen and oxygen atoms in total. The van der Waals surface area contributed by atoms with Gasteiger partial charge in [0.25, 0.3) is 0 Å². The second kappa shape index (κ2) is 6.36. The normalized spacial score (nSPS) is 11.1. The molecule has 1 aromatic heterocycles. The lowest BCUT2D eigenvalue weighted by atomic mass is 10.2. The van der Waals surface area contributed by atoms with Crippen LogP contribution in [0.3, 0.4) is 0 Å². The van der Waals surface area contributed by atoms with Crippen molar-refractivity contribution in [3.8, 4) is 0 Å². The number of aromatic amines is 1. The highest BCUT2D eigenvalue weighted by atomic mass is 16.5. The highest BCUT2D eigenvalue weighted by Crippen LogP contribution is 2.12. The number of carbonyl (C=O) groups excluding carboxylic acids is 1. The summed E-state index contributed by atoms with van der Waals surface area (Å²) in [7, 11) is 0. The van der Waals surface area contributed by atoms with Gasteiger partial charge in [0, 0.05) is 12.8 Å². The molecule has 2 rings (SSSR count). The van der Waals surface area contributed by atoms with Gasteiger partial charge in [0.15, 0.2) is 0 Å². The van der Waals surface area contributed by atoms with Crippen molar-refractivity contribution in [2.45, 2.75) is 33.1 Å². The molecular weight excluding hydrogens is 240 g/mol. The first kappa shape index (κ1) is 13.6. The number of hydrogen-bond acceptors (Lipinski definition) is 3. The molecule has 0 spiro atoms. The van der Waals surface area contributed by atoms with E-state index in [1.807, 2.05) is 38.1 Å². The number of carbonyl (C=O) groups is 1. The zero-order valence-corrected chi connectivity index (χ0v) is 11.5. The maximum Gasteiger partial charge on any atom is 0.305 e. The maximum atomic E-state index is 11.5. The fraction of sp³-hybridized carbons (Fsp3) is 0.467. The molecule has 0 aliphatic carbocycles. The van der Waals surface area contributed by atoms with Gasteiger partial charge in [0.1, 0.15) is 5.82 Å². The quantitative estimate of drug-likeness (QED) is 0.812. The van der Waals surface area contributed by atoms with Crippen LogP contribution in [-0.2, 0) is 16.0 Å². The van der Waals surface area contributed by atoms with E-state index < -0.39 is 0 Å². The van der Waals surface area contributed by atoms with Crippen molar-refractivity contribution in [1.29, 1.82) is 0 Å². The summed E-state index contributed by atoms with van der Waals surface area (Å²) in [5.41, 5.74) is 2.01. The number of nitrogens with one attached hydrogen (secondary N) is 1. The first-order valence-corrected chi connectivity index (χ1v) is 6.74. The Labute approximate surface area is 113 Å². The van der Waals surface area contributed by atoms with Crippen molar-refractivity contribution in [2.24, 2.45) is 5.92 Å². The SMILES string of the molecule is CC(C)COC(=O)CCCc1nc2ccccc2[nH]1. The third kappa shape index (κ3) is 4.09. The third-order valence-electron chi connectivity index (χ3n) is 2.81. The summed E-state index contributed by atoms with van der Waals surface area (Å²) in [5, 5.41) is 0. The van der Waals surface area contributed by atoms with Gasteiger partial charge in [-0.25, -0.2) is 4.98 Å². The van der Waals surface area contributed by atoms with Gasteiger partial charge in [0.2, 0.25) is 0 Å². The van der Waals surface area contributed by atoms with Crippen molar-refractivity contribution in [3.05, 3.63) is 30.1 Å². The van der Waals surface area contributed by atoms with E-state index >= 15 is 0 Å². The molecule has 0 amide bonds. The second-order valence-corrected chi connectivity index (χ2v) is 5.13. The molecule has 1 N–H and O–H groups in total. The Balaban J connectivity index is 1.77. The highest BCUT2D eigenvalue weighted by molar-refractivity contribution is 5.74. The average Bonchev–Trinajstić information content (AvgIpc) is 2.79. The van der Waals surface area contributed by atoms with Crippen LogP contribution < -0.4 is 0 Å². The first-order chi connectivity index (χ1) is 9.15. The molecule has 0 unspecified atom stereocenters. The number of esters is 1. The third-order valence-corrected chi connectivity index (χ3v) is 2.81. The van der Waals surface area contributed by atoms with Gasteiger partial charge in [-0.2, -0.15) is 0 Å². The number of rotatable bonds is 6. The van der Waals surface area contributed by atoms with Crippen LogP contribution in [0.5, 0.6) is 0 Å². The summed E-state index contributed by atoms with van der Waals surface area (Å²) >= 11 is 0. The Kier molecular flexibility index (Phi) is 4.55. The van der Waals surface area contributed by atoms with Crippen molar-refractivity contribution >= 4 is 17.0 Å². The fourth-order valence-electron chi connectivity index (χ4n) is 1.86. The summed E-state index contributed by atoms with van der Waals surface area (Å²) in [4.78, 5) is 19.2. The lowest BCUT2D eigenvalue weighted by Gasteiger charge is -2.06. The van der Waals surface area contributed by atoms with Gasteiger partial charge in [-0.3, -0.25) is 4.79 Å². The van der Waals surface area contributed by atoms with Crippen LogP contribution in [0.1, 0.15) is 32.5 Å². The maximum absolute atomic E-state index is 11.5. The van der Waals surface area contributed by atoms with Crippen LogP contribution in [0.15, 0.2) is 24.3 Å². The number of H-pyrrole nitrogens is 1. The molecule has 19 heavy (non-hydrogen) atoms. The van der Waals surface area contributed by atoms with Gasteiger partial charge in [-0.05, 0) is 24.5 Å². The molecule has 0 saturated carbocycles. The number of aryl methyl sites for hydroxylation is 1. The molecule has 0 aliphatic rings. The Morgan fingerprint density at radius 2 is 2.16 bits per heavy atom. The topological polar surface area (TPSA) is 55.0 Å². The number of imidazole rings is 1. The zero-order chi connectivity index (χ0) is 13.7. The van der Waals surface area contributed by atoms with E-state index in [1.165, 1.54) is 0 Å². The van der Waals surface area contributed by atoms with Crippen LogP contribution in [0.4, 0.5) is 0 Å². The molecule has 102 valence electrons. The van der Waals surface area contributed by atoms with Crippen LogP contribution in [0.25, 0.3) is 11.0 Å². The van der Waals surface area contributed by atoms with E-state index in [9.17, 15) is 4.79 Å². The predicted octanol–water partition coefficient (Wildman–Crippen LogP) is 3.08. The molecular formula is C15H20N2O2. The Bertz CT molecular complexity index is 513. The largest absolute Gasteiger partial charge is 0.465 e. The predicted molar refractivity (Wildman–Crippen MR) is 74.8 cm³/mol. The lowest BCUT2D eigenvalue weighted by molar-refractivity contribution is -0.144. The summed E-state index contributed by atoms with van der Waals surface area (Å²) in [6, 6.07) is 7.93. The van der Waals surface area contributed by atoms with Crippen LogP contribution >= 0.6 is 0 Å². The van der Waals surface area contributed by atoms with Crippen LogP contribution in [0.2, 0.25) is 0 Å². The number of ether oxygens (including phenoxy) is 1. The molecule has 1 heterocycles. The van der Waals surface area contributed by atoms with Gasteiger partial charge >= 0.3 is 5.97 Å². The fourth-order valence-corrected chi connectivity index (χ4v) is 1.86. The lowest BCUT2D eigenvalue weighted by Crippen LogP contribution is -2.10. The summed E-state index contributed by atoms with van der Waals surface area (Å²) in [6.07, 6.45) is 1.98. The number of nitrogens with zero attached hydrogens (tertiary/aromatic N) is 1. The minimum atomic E-state index is -0.121. The molecule has 2 aromatic rings. The second-order valence-electron chi connectivity index (χ2n) is 5.13. The molecule has 0 radical (unpaired) electrons. The standard InChI is InChI=1S/C15H20N2O2/c1-11(2)10-19-15(18)9-5-8-14-16-12-6-3-4-7-13(12)17-14/h3-4,6-7,11H,5,8-10H2,1-2H3,(H,16,17). The number of fused-ring (bicyclic) bond motifs is 1. The van der Waals surface area contributed by atoms with Gasteiger partial charge in [-0.15, -0.1) is 0 Å². The molecule has 4 heteroatoms. The minimum absolute atomic E-state index is 0.121. The van der Waals surface area contributed by atoms with E-state index in [-0.39, 0.29) is 5.97 Å². The monoisotopic (exact) mass is 260 g/mol. The average molecular weight is 260 g/mol. The summed E-state index contributed by atoms with van der Waals surface area (Å²) in [5.74, 6) is 1.20. The Hall–Kier alpha value is -1.84. The van der Waals surface area contributed by atoms with E-state index in [4.69, 9.17) is 4.74 Å². The number of para-hydroxylation sites is 2. The van der Waals surface area contributed by atoms with Gasteiger partial charge in [0.05, 0.1) is 17.6 Å². The molecule has 0 bridgehead atoms. The minimum Gasteiger partial charge on any atom is -0.465 e. The van der Waals surface area contributed by atoms with E-state index in [0.717, 1.165) is 29.7 Å². The molecule has 1 aromatic carbocycles. The van der Waals surface area contributed by atoms with E-state index in [2.05, 4.69) is 9.97 Å². The zero-order valence-electron chi connectivity index (χ0n) is 11.5. The Morgan fingerprint density at radius 3 is 2.89 bits per heavy atom. The van der Waals surface area contributed by atoms with E-state index in [0.29, 0.717) is 18.9 Å². The van der Waals surface area contributed by atoms with Crippen molar-refractivity contribution < 1.29 is 9.53 Å². The van der Waals surface area contributed by atoms with Crippen LogP contribution in [0, 0.1) is 5.92 Å². The Morgan fingerprint density at radius 1 is 1.37 bits per heavy atom. The molecule has 0 fully saturated rings. The molecule has 0 atom stereocenters. The van der Waals surface area contributed by atoms with Crippen molar-refractivity contribution in [2.75, 3.05) is 6.61 Å². The number of benzene rings is 1. The van der Waals surface area contributed by atoms with Crippen molar-refractivity contribution in [3.63, 3.8) is 0 Å². The van der Waals surface area contributed by atoms with Crippen LogP contribution in [-0.4, -0.2) is 22.5 Å². The first-order valence-electron chi connectivity index (χ1n) is 6.74. The summed E-state index contributed by atoms with van der Waals surface area (Å²) in [6.45, 7) is 4.56. The van der Waals surface area contributed by atoms with Gasteiger partial charge in [-0.1, -0.05) is 26.0 Å². The summed E-state index contributed by atoms with van der Waals surface area (Å²) < 4.78 is 5.13. The molecule has 0 saturated heterocycles. The number of aromatic nitrogens is 2. The van der Waals surface area contributed by atoms with Gasteiger partial charge < -0.3 is 9.72 Å². The highest BCUT2D eigenvalue weighted by Gasteiger charge is 2.06. The van der Waals surface area contributed by atoms with E-state index in [1.54, 1.807) is 0 Å². The molecule has 0 aliphatic heterocycles. The number of hydrogen-bond donors (Lipinski definition) is 1. The smallest absolute Gasteiger partial charge is 0.305 e.